The number of nitrogens with one attached hydrogen (secondary N) is 1. The summed E-state index contributed by atoms with van der Waals surface area (Å²) in [6.07, 6.45) is 0.330. The molecule has 1 fully saturated rings. The average Bonchev–Trinajstić information content (AvgIpc) is 2.77. The highest BCUT2D eigenvalue weighted by Crippen LogP contribution is 2.18. The van der Waals surface area contributed by atoms with Crippen LogP contribution in [0, 0.1) is 5.82 Å². The number of piperazine rings is 1. The largest absolute Gasteiger partial charge is 0.497 e. The number of hydrogen-bond donors (Lipinski definition) is 1. The van der Waals surface area contributed by atoms with E-state index in [1.54, 1.807) is 36.4 Å². The minimum Gasteiger partial charge on any atom is -0.497 e. The van der Waals surface area contributed by atoms with Gasteiger partial charge in [-0.2, -0.15) is 4.31 Å². The van der Waals surface area contributed by atoms with Crippen LogP contribution in [0.5, 0.6) is 5.75 Å². The first kappa shape index (κ1) is 22.0. The molecular formula is C21H26FN3O4S. The summed E-state index contributed by atoms with van der Waals surface area (Å²) in [5.41, 5.74) is 1.35. The van der Waals surface area contributed by atoms with Crippen LogP contribution in [0.15, 0.2) is 48.5 Å². The minimum absolute atomic E-state index is 0.0259. The Labute approximate surface area is 176 Å². The van der Waals surface area contributed by atoms with Crippen molar-refractivity contribution in [2.24, 2.45) is 0 Å². The molecule has 7 nitrogen and oxygen atoms in total. The molecule has 3 rings (SSSR count). The molecule has 162 valence electrons. The number of amides is 1. The molecule has 1 aliphatic rings. The Balaban J connectivity index is 1.43. The maximum atomic E-state index is 13.1. The fraction of sp³-hybridized carbons (Fsp3) is 0.381. The van der Waals surface area contributed by atoms with Gasteiger partial charge < -0.3 is 15.0 Å². The molecule has 0 atom stereocenters. The van der Waals surface area contributed by atoms with Crippen molar-refractivity contribution in [1.29, 1.82) is 0 Å². The third-order valence-corrected chi connectivity index (χ3v) is 6.98. The number of benzene rings is 2. The summed E-state index contributed by atoms with van der Waals surface area (Å²) in [6.45, 7) is 2.14. The van der Waals surface area contributed by atoms with Crippen LogP contribution in [0.3, 0.4) is 0 Å². The van der Waals surface area contributed by atoms with Gasteiger partial charge in [0.05, 0.1) is 12.9 Å². The van der Waals surface area contributed by atoms with Crippen molar-refractivity contribution in [3.63, 3.8) is 0 Å². The van der Waals surface area contributed by atoms with E-state index in [-0.39, 0.29) is 24.0 Å². The predicted octanol–water partition coefficient (Wildman–Crippen LogP) is 2.11. The molecule has 2 aromatic carbocycles. The zero-order valence-electron chi connectivity index (χ0n) is 16.9. The zero-order chi connectivity index (χ0) is 21.6. The van der Waals surface area contributed by atoms with Crippen molar-refractivity contribution in [3.8, 4) is 5.75 Å². The monoisotopic (exact) mass is 435 g/mol. The summed E-state index contributed by atoms with van der Waals surface area (Å²) in [5.74, 6) is 0.00440. The second-order valence-electron chi connectivity index (χ2n) is 7.02. The van der Waals surface area contributed by atoms with E-state index in [1.165, 1.54) is 23.5 Å². The van der Waals surface area contributed by atoms with E-state index in [2.05, 4.69) is 5.32 Å². The highest BCUT2D eigenvalue weighted by atomic mass is 32.2. The van der Waals surface area contributed by atoms with E-state index in [4.69, 9.17) is 4.74 Å². The first-order valence-electron chi connectivity index (χ1n) is 9.79. The topological polar surface area (TPSA) is 78.9 Å². The van der Waals surface area contributed by atoms with Gasteiger partial charge in [-0.25, -0.2) is 12.8 Å². The summed E-state index contributed by atoms with van der Waals surface area (Å²) < 4.78 is 44.8. The molecular weight excluding hydrogens is 409 g/mol. The van der Waals surface area contributed by atoms with Gasteiger partial charge in [-0.05, 0) is 48.9 Å². The predicted molar refractivity (Wildman–Crippen MR) is 114 cm³/mol. The molecule has 0 saturated carbocycles. The first-order valence-corrected chi connectivity index (χ1v) is 11.4. The molecule has 0 spiro atoms. The highest BCUT2D eigenvalue weighted by Gasteiger charge is 2.26. The van der Waals surface area contributed by atoms with Gasteiger partial charge >= 0.3 is 0 Å². The van der Waals surface area contributed by atoms with Crippen molar-refractivity contribution < 1.29 is 22.3 Å². The molecule has 1 N–H and O–H groups in total. The molecule has 1 aliphatic heterocycles. The molecule has 0 aliphatic carbocycles. The van der Waals surface area contributed by atoms with Gasteiger partial charge in [0.15, 0.2) is 0 Å². The van der Waals surface area contributed by atoms with Gasteiger partial charge in [-0.3, -0.25) is 4.79 Å². The lowest BCUT2D eigenvalue weighted by Gasteiger charge is -2.35. The van der Waals surface area contributed by atoms with Crippen LogP contribution >= 0.6 is 0 Å². The molecule has 1 saturated heterocycles. The van der Waals surface area contributed by atoms with Crippen LogP contribution in [0.1, 0.15) is 16.8 Å². The highest BCUT2D eigenvalue weighted by molar-refractivity contribution is 7.89. The Morgan fingerprint density at radius 1 is 1.10 bits per heavy atom. The molecule has 30 heavy (non-hydrogen) atoms. The number of nitrogens with zero attached hydrogens (tertiary/aromatic N) is 2. The molecule has 2 aromatic rings. The van der Waals surface area contributed by atoms with E-state index in [0.717, 1.165) is 5.69 Å². The van der Waals surface area contributed by atoms with E-state index >= 15 is 0 Å². The van der Waals surface area contributed by atoms with Crippen LogP contribution in [-0.2, 0) is 10.0 Å². The van der Waals surface area contributed by atoms with Crippen LogP contribution in [-0.4, -0.2) is 64.2 Å². The normalized spacial score (nSPS) is 15.1. The first-order chi connectivity index (χ1) is 14.4. The quantitative estimate of drug-likeness (QED) is 0.643. The number of hydrogen-bond acceptors (Lipinski definition) is 5. The molecule has 1 heterocycles. The lowest BCUT2D eigenvalue weighted by Crippen LogP contribution is -2.49. The zero-order valence-corrected chi connectivity index (χ0v) is 17.7. The standard InChI is InChI=1S/C21H26FN3O4S/c1-29-20-5-2-4-17(16-20)21(26)23-10-3-15-30(27,28)25-13-11-24(12-14-25)19-8-6-18(22)7-9-19/h2,4-9,16H,3,10-15H2,1H3,(H,23,26). The van der Waals surface area contributed by atoms with Gasteiger partial charge in [0.25, 0.3) is 5.91 Å². The van der Waals surface area contributed by atoms with Gasteiger partial charge in [0, 0.05) is 44.0 Å². The van der Waals surface area contributed by atoms with Crippen LogP contribution in [0.25, 0.3) is 0 Å². The summed E-state index contributed by atoms with van der Waals surface area (Å²) in [6, 6.07) is 13.0. The Morgan fingerprint density at radius 2 is 1.80 bits per heavy atom. The smallest absolute Gasteiger partial charge is 0.251 e. The molecule has 0 aromatic heterocycles. The van der Waals surface area contributed by atoms with E-state index in [9.17, 15) is 17.6 Å². The van der Waals surface area contributed by atoms with E-state index in [0.29, 0.717) is 43.9 Å². The average molecular weight is 436 g/mol. The second-order valence-corrected chi connectivity index (χ2v) is 9.11. The summed E-state index contributed by atoms with van der Waals surface area (Å²) in [4.78, 5) is 14.2. The summed E-state index contributed by atoms with van der Waals surface area (Å²) in [5, 5.41) is 2.74. The van der Waals surface area contributed by atoms with Gasteiger partial charge in [0.2, 0.25) is 10.0 Å². The van der Waals surface area contributed by atoms with Gasteiger partial charge in [-0.1, -0.05) is 6.07 Å². The van der Waals surface area contributed by atoms with Crippen molar-refractivity contribution >= 4 is 21.6 Å². The number of halogens is 1. The van der Waals surface area contributed by atoms with Crippen LogP contribution < -0.4 is 15.0 Å². The fourth-order valence-corrected chi connectivity index (χ4v) is 4.82. The van der Waals surface area contributed by atoms with Crippen LogP contribution in [0.2, 0.25) is 0 Å². The van der Waals surface area contributed by atoms with E-state index < -0.39 is 10.0 Å². The van der Waals surface area contributed by atoms with Gasteiger partial charge in [0.1, 0.15) is 11.6 Å². The Morgan fingerprint density at radius 3 is 2.47 bits per heavy atom. The maximum Gasteiger partial charge on any atom is 0.251 e. The molecule has 9 heteroatoms. The van der Waals surface area contributed by atoms with Crippen molar-refractivity contribution in [2.45, 2.75) is 6.42 Å². The van der Waals surface area contributed by atoms with Crippen molar-refractivity contribution in [2.75, 3.05) is 50.5 Å². The third-order valence-electron chi connectivity index (χ3n) is 5.02. The second kappa shape index (κ2) is 9.90. The van der Waals surface area contributed by atoms with Crippen molar-refractivity contribution in [1.82, 2.24) is 9.62 Å². The number of carbonyl (C=O) groups excluding carboxylic acids is 1. The van der Waals surface area contributed by atoms with Crippen LogP contribution in [0.4, 0.5) is 10.1 Å². The number of rotatable bonds is 8. The Bertz CT molecular complexity index is 958. The SMILES string of the molecule is COc1cccc(C(=O)NCCCS(=O)(=O)N2CCN(c3ccc(F)cc3)CC2)c1. The minimum atomic E-state index is -3.39. The van der Waals surface area contributed by atoms with E-state index in [1.807, 2.05) is 4.90 Å². The van der Waals surface area contributed by atoms with Gasteiger partial charge in [-0.15, -0.1) is 0 Å². The third kappa shape index (κ3) is 5.70. The number of methoxy groups -OCH3 is 1. The number of anilines is 1. The Hall–Kier alpha value is -2.65. The molecule has 0 unspecified atom stereocenters. The number of ether oxygens (including phenoxy) is 1. The fourth-order valence-electron chi connectivity index (χ4n) is 3.33. The lowest BCUT2D eigenvalue weighted by atomic mass is 10.2. The molecule has 0 radical (unpaired) electrons. The summed E-state index contributed by atoms with van der Waals surface area (Å²) in [7, 11) is -1.86. The lowest BCUT2D eigenvalue weighted by molar-refractivity contribution is 0.0953. The molecule has 0 bridgehead atoms. The number of carbonyl (C=O) groups is 1. The number of sulfonamides is 1. The Kier molecular flexibility index (Phi) is 7.28. The molecule has 1 amide bonds. The summed E-state index contributed by atoms with van der Waals surface area (Å²) >= 11 is 0. The maximum absolute atomic E-state index is 13.1. The van der Waals surface area contributed by atoms with Crippen molar-refractivity contribution in [3.05, 3.63) is 59.9 Å².